The van der Waals surface area contributed by atoms with Crippen molar-refractivity contribution < 1.29 is 24.0 Å². The van der Waals surface area contributed by atoms with E-state index in [9.17, 15) is 24.0 Å². The van der Waals surface area contributed by atoms with E-state index in [1.54, 1.807) is 44.2 Å². The molecule has 0 radical (unpaired) electrons. The SMILES string of the molecule is C=C(Cl)C(=O)N(c1cc(C(N)=O)n(C)c1)c1cc(C(=O)Nc2cc(C(=O)Nc3c[nH]c(CC(=O)NCCN=CNN)c3)n(C)c2)n(C)c1.Cl. The number of hydrazine groups is 1. The van der Waals surface area contributed by atoms with Gasteiger partial charge < -0.3 is 45.8 Å². The summed E-state index contributed by atoms with van der Waals surface area (Å²) in [5.41, 5.74) is 10.2. The van der Waals surface area contributed by atoms with Crippen molar-refractivity contribution in [2.75, 3.05) is 28.6 Å². The van der Waals surface area contributed by atoms with Crippen molar-refractivity contribution >= 4 is 82.6 Å². The van der Waals surface area contributed by atoms with Gasteiger partial charge in [0, 0.05) is 58.2 Å². The molecule has 0 saturated carbocycles. The molecule has 0 saturated heterocycles. The number of primary amides is 1. The molecule has 0 fully saturated rings. The number of aliphatic imine (C=N–C) groups is 1. The van der Waals surface area contributed by atoms with Crippen LogP contribution < -0.4 is 37.9 Å². The third-order valence-electron chi connectivity index (χ3n) is 6.99. The molecule has 0 spiro atoms. The molecule has 5 amide bonds. The van der Waals surface area contributed by atoms with E-state index in [4.69, 9.17) is 23.2 Å². The Labute approximate surface area is 291 Å². The van der Waals surface area contributed by atoms with E-state index in [2.05, 4.69) is 37.9 Å². The molecule has 4 aromatic heterocycles. The van der Waals surface area contributed by atoms with Gasteiger partial charge in [-0.25, -0.2) is 5.84 Å². The zero-order chi connectivity index (χ0) is 35.1. The van der Waals surface area contributed by atoms with Crippen LogP contribution in [0.4, 0.5) is 22.7 Å². The standard InChI is InChI=1S/C30H35ClN12O5.ClH/c1-17(31)30(48)43(21-10-23(27(32)45)41(3)14-21)22-11-25(42(4)15-22)29(47)39-20-8-24(40(2)13-20)28(46)38-19-7-18(36-12-19)9-26(44)35-6-5-34-16-37-33;/h7-8,10-16,36H,1,5-6,9,33H2,2-4H3,(H2,32,45)(H,34,37)(H,35,44)(H,38,46)(H,39,47);1H. The largest absolute Gasteiger partial charge is 0.364 e. The maximum absolute atomic E-state index is 13.3. The molecule has 0 aliphatic heterocycles. The van der Waals surface area contributed by atoms with E-state index >= 15 is 0 Å². The summed E-state index contributed by atoms with van der Waals surface area (Å²) in [5, 5.41) is 7.97. The quantitative estimate of drug-likeness (QED) is 0.0254. The highest BCUT2D eigenvalue weighted by molar-refractivity contribution is 6.44. The van der Waals surface area contributed by atoms with Crippen molar-refractivity contribution in [1.29, 1.82) is 0 Å². The minimum atomic E-state index is -0.692. The van der Waals surface area contributed by atoms with Crippen LogP contribution >= 0.6 is 24.0 Å². The summed E-state index contributed by atoms with van der Waals surface area (Å²) in [4.78, 5) is 71.5. The minimum absolute atomic E-state index is 0. The van der Waals surface area contributed by atoms with E-state index in [1.807, 2.05) is 0 Å². The second-order valence-electron chi connectivity index (χ2n) is 10.6. The van der Waals surface area contributed by atoms with Gasteiger partial charge in [-0.15, -0.1) is 12.4 Å². The lowest BCUT2D eigenvalue weighted by Gasteiger charge is -2.19. The maximum Gasteiger partial charge on any atom is 0.273 e. The molecule has 0 unspecified atom stereocenters. The molecule has 4 rings (SSSR count). The Kier molecular flexibility index (Phi) is 12.6. The highest BCUT2D eigenvalue weighted by Gasteiger charge is 2.26. The van der Waals surface area contributed by atoms with Gasteiger partial charge in [0.1, 0.15) is 17.1 Å². The Morgan fingerprint density at radius 3 is 2.08 bits per heavy atom. The lowest BCUT2D eigenvalue weighted by molar-refractivity contribution is -0.120. The number of rotatable bonds is 14. The lowest BCUT2D eigenvalue weighted by Crippen LogP contribution is -2.28. The average molecular weight is 716 g/mol. The molecular formula is C30H36Cl2N12O5. The fourth-order valence-electron chi connectivity index (χ4n) is 4.79. The molecule has 0 aliphatic carbocycles. The van der Waals surface area contributed by atoms with Crippen LogP contribution in [-0.2, 0) is 37.2 Å². The van der Waals surface area contributed by atoms with Crippen LogP contribution in [0.1, 0.15) is 37.2 Å². The second-order valence-corrected chi connectivity index (χ2v) is 11.0. The number of carbonyl (C=O) groups excluding carboxylic acids is 5. The first kappa shape index (κ1) is 37.7. The number of carbonyl (C=O) groups is 5. The Bertz CT molecular complexity index is 1920. The first-order valence-corrected chi connectivity index (χ1v) is 14.7. The third kappa shape index (κ3) is 9.19. The predicted octanol–water partition coefficient (Wildman–Crippen LogP) is 1.62. The summed E-state index contributed by atoms with van der Waals surface area (Å²) in [5.74, 6) is 2.52. The van der Waals surface area contributed by atoms with Gasteiger partial charge in [-0.05, 0) is 24.3 Å². The van der Waals surface area contributed by atoms with Gasteiger partial charge in [-0.2, -0.15) is 0 Å². The molecule has 19 heteroatoms. The van der Waals surface area contributed by atoms with Crippen molar-refractivity contribution in [2.45, 2.75) is 6.42 Å². The number of hydrogen-bond acceptors (Lipinski definition) is 7. The summed E-state index contributed by atoms with van der Waals surface area (Å²) in [6, 6.07) is 6.04. The van der Waals surface area contributed by atoms with Gasteiger partial charge in [0.15, 0.2) is 0 Å². The molecule has 49 heavy (non-hydrogen) atoms. The number of nitrogens with one attached hydrogen (secondary N) is 5. The van der Waals surface area contributed by atoms with Gasteiger partial charge in [0.25, 0.3) is 23.6 Å². The number of aromatic amines is 1. The summed E-state index contributed by atoms with van der Waals surface area (Å²) in [6.45, 7) is 4.23. The van der Waals surface area contributed by atoms with Crippen LogP contribution in [0.2, 0.25) is 0 Å². The van der Waals surface area contributed by atoms with Crippen LogP contribution in [0, 0.1) is 0 Å². The predicted molar refractivity (Wildman–Crippen MR) is 188 cm³/mol. The number of halogens is 2. The number of aromatic nitrogens is 4. The van der Waals surface area contributed by atoms with E-state index in [-0.39, 0.29) is 58.2 Å². The number of amides is 5. The van der Waals surface area contributed by atoms with Gasteiger partial charge in [0.2, 0.25) is 5.91 Å². The minimum Gasteiger partial charge on any atom is -0.364 e. The van der Waals surface area contributed by atoms with E-state index in [0.717, 1.165) is 0 Å². The lowest BCUT2D eigenvalue weighted by atomic mass is 10.3. The van der Waals surface area contributed by atoms with Gasteiger partial charge in [0.05, 0.1) is 47.1 Å². The molecule has 0 aromatic carbocycles. The number of H-pyrrole nitrogens is 1. The van der Waals surface area contributed by atoms with Crippen LogP contribution in [0.5, 0.6) is 0 Å². The second kappa shape index (κ2) is 16.4. The Hall–Kier alpha value is -5.78. The van der Waals surface area contributed by atoms with Crippen LogP contribution in [0.15, 0.2) is 65.7 Å². The molecule has 260 valence electrons. The number of anilines is 4. The number of aryl methyl sites for hydroxylation is 3. The zero-order valence-corrected chi connectivity index (χ0v) is 28.3. The smallest absolute Gasteiger partial charge is 0.273 e. The summed E-state index contributed by atoms with van der Waals surface area (Å²) in [7, 11) is 4.86. The maximum atomic E-state index is 13.3. The van der Waals surface area contributed by atoms with Crippen LogP contribution in [-0.4, -0.2) is 67.6 Å². The number of hydrogen-bond donors (Lipinski definition) is 7. The summed E-state index contributed by atoms with van der Waals surface area (Å²) < 4.78 is 4.52. The number of nitrogens with two attached hydrogens (primary N) is 2. The first-order valence-electron chi connectivity index (χ1n) is 14.3. The van der Waals surface area contributed by atoms with Gasteiger partial charge >= 0.3 is 0 Å². The molecule has 0 aliphatic rings. The van der Waals surface area contributed by atoms with Crippen molar-refractivity contribution in [3.8, 4) is 0 Å². The molecule has 0 atom stereocenters. The first-order chi connectivity index (χ1) is 22.8. The zero-order valence-electron chi connectivity index (χ0n) is 26.7. The molecule has 9 N–H and O–H groups in total. The highest BCUT2D eigenvalue weighted by atomic mass is 35.5. The highest BCUT2D eigenvalue weighted by Crippen LogP contribution is 2.31. The Morgan fingerprint density at radius 1 is 0.918 bits per heavy atom. The average Bonchev–Trinajstić information content (AvgIpc) is 3.80. The molecule has 17 nitrogen and oxygen atoms in total. The van der Waals surface area contributed by atoms with Crippen LogP contribution in [0.3, 0.4) is 0 Å². The Balaban J connectivity index is 0.00000650. The summed E-state index contributed by atoms with van der Waals surface area (Å²) in [6.07, 6.45) is 7.59. The van der Waals surface area contributed by atoms with Crippen molar-refractivity contribution in [1.82, 2.24) is 29.4 Å². The molecular weight excluding hydrogens is 679 g/mol. The van der Waals surface area contributed by atoms with E-state index in [1.165, 1.54) is 51.0 Å². The monoisotopic (exact) mass is 714 g/mol. The number of nitrogens with zero attached hydrogens (tertiary/aromatic N) is 5. The van der Waals surface area contributed by atoms with E-state index in [0.29, 0.717) is 30.2 Å². The van der Waals surface area contributed by atoms with Gasteiger partial charge in [-0.3, -0.25) is 33.9 Å². The molecule has 4 heterocycles. The summed E-state index contributed by atoms with van der Waals surface area (Å²) >= 11 is 5.96. The third-order valence-corrected chi connectivity index (χ3v) is 7.16. The fraction of sp³-hybridized carbons (Fsp3) is 0.200. The van der Waals surface area contributed by atoms with Crippen LogP contribution in [0.25, 0.3) is 0 Å². The van der Waals surface area contributed by atoms with Crippen molar-refractivity contribution in [3.05, 3.63) is 83.4 Å². The topological polar surface area (TPSA) is 232 Å². The molecule has 4 aromatic rings. The Morgan fingerprint density at radius 2 is 1.49 bits per heavy atom. The fourth-order valence-corrected chi connectivity index (χ4v) is 4.88. The van der Waals surface area contributed by atoms with Crippen molar-refractivity contribution in [2.24, 2.45) is 37.7 Å². The molecule has 0 bridgehead atoms. The van der Waals surface area contributed by atoms with E-state index < -0.39 is 23.6 Å². The van der Waals surface area contributed by atoms with Crippen molar-refractivity contribution in [3.63, 3.8) is 0 Å². The van der Waals surface area contributed by atoms with Gasteiger partial charge in [-0.1, -0.05) is 18.2 Å². The normalized spacial score (nSPS) is 10.7.